The van der Waals surface area contributed by atoms with Crippen molar-refractivity contribution in [1.29, 1.82) is 10.5 Å². The number of ketones is 3. The monoisotopic (exact) mass is 1420 g/mol. The van der Waals surface area contributed by atoms with E-state index in [1.165, 1.54) is 11.5 Å². The number of methoxy groups -OCH3 is 1. The number of Topliss-reactive ketones (excluding diaryl/α,β-unsaturated/α-hetero) is 3. The first-order valence-corrected chi connectivity index (χ1v) is 33.3. The predicted octanol–water partition coefficient (Wildman–Crippen LogP) is 18.3. The Hall–Kier alpha value is -13.1. The zero-order valence-corrected chi connectivity index (χ0v) is 59.1. The smallest absolute Gasteiger partial charge is 0.374 e. The molecule has 2 aromatic heterocycles. The van der Waals surface area contributed by atoms with E-state index in [0.29, 0.717) is 95.6 Å². The minimum atomic E-state index is -1.43. The zero-order valence-electron chi connectivity index (χ0n) is 57.6. The summed E-state index contributed by atoms with van der Waals surface area (Å²) in [5.41, 5.74) is 10.6. The molecule has 0 saturated carbocycles. The van der Waals surface area contributed by atoms with Gasteiger partial charge in [-0.2, -0.15) is 10.5 Å². The maximum Gasteiger partial charge on any atom is 0.374 e. The molecular formula is C85H69Cl2N7O10. The number of amides is 2. The predicted molar refractivity (Wildman–Crippen MR) is 405 cm³/mol. The number of carbonyl (C=O) groups is 5. The van der Waals surface area contributed by atoms with E-state index in [1.807, 2.05) is 156 Å². The zero-order chi connectivity index (χ0) is 74.4. The number of aromatic amines is 1. The standard InChI is InChI=1S/C29H23N3O2.C24H20N2O4.C22H18O3.C10H8Cl2N2O/c1-18-9-13-22(14-10-18)26-20(3)28(33)32-27(31-26)24(17-30)25(21-7-5-4-6-8-21)29(32)34-23-15-11-19(2)12-16-23;1-16-8-13-21(29-2)20(14-16)26-24(28)23(22(27)18-6-4-3-5-7-18)30-19-11-9-17(15-25)10-12-19;1-16-12-14-18(15-13-16)21(24)22(25-19-10-6-3-7-11-19)20(23)17-8-4-2-5-9-17;1-6-3-4-7(11)8(5-6)14-10(15)9(12)13-2/h4-16,31H,1-3H3;3-14,23H,1-2H3,(H,26,28);2-15,22H,1H3;3-5,9H,1H3,(H,14,15). The van der Waals surface area contributed by atoms with Gasteiger partial charge in [-0.1, -0.05) is 210 Å². The molecule has 3 unspecified atom stereocenters. The lowest BCUT2D eigenvalue weighted by Gasteiger charge is -2.19. The maximum absolute atomic E-state index is 13.7. The molecule has 3 atom stereocenters. The molecule has 19 heteroatoms. The highest BCUT2D eigenvalue weighted by Gasteiger charge is 2.33. The molecule has 0 bridgehead atoms. The molecule has 10 aromatic carbocycles. The van der Waals surface area contributed by atoms with Gasteiger partial charge in [0.1, 0.15) is 40.3 Å². The number of benzene rings is 10. The lowest BCUT2D eigenvalue weighted by Crippen LogP contribution is -2.40. The number of nitrogens with one attached hydrogen (secondary N) is 3. The van der Waals surface area contributed by atoms with Crippen LogP contribution in [0.1, 0.15) is 75.6 Å². The van der Waals surface area contributed by atoms with Gasteiger partial charge in [-0.15, -0.1) is 0 Å². The fourth-order valence-electron chi connectivity index (χ4n) is 10.5. The fraction of sp³-hybridized carbons (Fsp3) is 0.118. The van der Waals surface area contributed by atoms with E-state index in [-0.39, 0.29) is 17.1 Å². The van der Waals surface area contributed by atoms with Crippen LogP contribution in [0, 0.1) is 70.8 Å². The average Bonchev–Trinajstić information content (AvgIpc) is 1.57. The second-order valence-electron chi connectivity index (χ2n) is 23.7. The molecule has 2 heterocycles. The molecular weight excluding hydrogens is 1350 g/mol. The maximum atomic E-state index is 13.7. The number of para-hydroxylation sites is 1. The number of H-pyrrole nitrogens is 1. The van der Waals surface area contributed by atoms with Crippen LogP contribution in [0.5, 0.6) is 28.9 Å². The normalized spacial score (nSPS) is 11.2. The molecule has 0 aliphatic carbocycles. The van der Waals surface area contributed by atoms with Gasteiger partial charge >= 0.3 is 11.4 Å². The number of aromatic nitrogens is 2. The molecule has 2 amide bonds. The van der Waals surface area contributed by atoms with Gasteiger partial charge < -0.3 is 34.6 Å². The van der Waals surface area contributed by atoms with E-state index < -0.39 is 35.3 Å². The second-order valence-corrected chi connectivity index (χ2v) is 24.5. The first kappa shape index (κ1) is 75.1. The van der Waals surface area contributed by atoms with Crippen LogP contribution in [0.3, 0.4) is 0 Å². The molecule has 12 aromatic rings. The van der Waals surface area contributed by atoms with E-state index >= 15 is 0 Å². The summed E-state index contributed by atoms with van der Waals surface area (Å²) in [5.74, 6) is -0.217. The molecule has 0 saturated heterocycles. The van der Waals surface area contributed by atoms with Crippen LogP contribution in [0.15, 0.2) is 260 Å². The fourth-order valence-corrected chi connectivity index (χ4v) is 10.7. The van der Waals surface area contributed by atoms with Crippen LogP contribution in [-0.2, 0) is 9.59 Å². The van der Waals surface area contributed by atoms with Crippen LogP contribution >= 0.6 is 23.2 Å². The number of aryl methyl sites for hydroxylation is 5. The SMILES string of the molecule is COc1ccc(C)cc1NC(=O)C(Oc1ccc(C#N)cc1)C(=O)c1ccccc1.Cc1ccc(C(=O)C(Oc2ccccc2)C(=O)c2ccccc2)cc1.Cc1ccc(Oc2c(-c3ccccc3)c(C#N)c3[nH]c(-c4ccc(C)cc4)c(C)c(=O)n23)cc1.[C-]#[N+]C(Cl)C(=O)Nc1cc(C)ccc1Cl. The molecule has 12 rings (SSSR count). The van der Waals surface area contributed by atoms with Gasteiger partial charge in [0.15, 0.2) is 0 Å². The summed E-state index contributed by atoms with van der Waals surface area (Å²) in [5, 5.41) is 24.8. The molecule has 518 valence electrons. The molecule has 0 fully saturated rings. The number of alkyl halides is 1. The van der Waals surface area contributed by atoms with Crippen molar-refractivity contribution in [2.45, 2.75) is 59.3 Å². The van der Waals surface area contributed by atoms with E-state index in [1.54, 1.807) is 146 Å². The number of nitriles is 2. The highest BCUT2D eigenvalue weighted by atomic mass is 35.5. The average molecular weight is 1420 g/mol. The lowest BCUT2D eigenvalue weighted by molar-refractivity contribution is -0.121. The number of ether oxygens (including phenoxy) is 4. The number of rotatable bonds is 19. The van der Waals surface area contributed by atoms with E-state index in [2.05, 4.69) is 26.5 Å². The van der Waals surface area contributed by atoms with Gasteiger partial charge in [0.25, 0.3) is 11.5 Å². The number of hydrogen-bond acceptors (Lipinski definition) is 12. The molecule has 104 heavy (non-hydrogen) atoms. The third kappa shape index (κ3) is 19.2. The Labute approximate surface area is 611 Å². The molecule has 0 aliphatic heterocycles. The van der Waals surface area contributed by atoms with Gasteiger partial charge in [0, 0.05) is 22.3 Å². The largest absolute Gasteiger partial charge is 0.495 e. The van der Waals surface area contributed by atoms with Gasteiger partial charge in [-0.3, -0.25) is 33.6 Å². The summed E-state index contributed by atoms with van der Waals surface area (Å²) in [6, 6.07) is 79.4. The summed E-state index contributed by atoms with van der Waals surface area (Å²) >= 11 is 11.3. The second kappa shape index (κ2) is 35.8. The van der Waals surface area contributed by atoms with Crippen LogP contribution < -0.4 is 35.1 Å². The highest BCUT2D eigenvalue weighted by Crippen LogP contribution is 2.40. The highest BCUT2D eigenvalue weighted by molar-refractivity contribution is 6.36. The van der Waals surface area contributed by atoms with Crippen molar-refractivity contribution in [2.75, 3.05) is 17.7 Å². The van der Waals surface area contributed by atoms with Gasteiger partial charge in [0.05, 0.1) is 46.4 Å². The Kier molecular flexibility index (Phi) is 25.8. The Bertz CT molecular complexity index is 5230. The van der Waals surface area contributed by atoms with Crippen LogP contribution in [-0.4, -0.2) is 63.4 Å². The van der Waals surface area contributed by atoms with Crippen molar-refractivity contribution >= 4 is 69.4 Å². The van der Waals surface area contributed by atoms with Crippen molar-refractivity contribution in [1.82, 2.24) is 9.38 Å². The first-order valence-electron chi connectivity index (χ1n) is 32.5. The Balaban J connectivity index is 0.000000166. The number of nitrogens with zero attached hydrogens (tertiary/aromatic N) is 4. The van der Waals surface area contributed by atoms with Crippen LogP contribution in [0.4, 0.5) is 11.4 Å². The summed E-state index contributed by atoms with van der Waals surface area (Å²) in [6.07, 6.45) is -2.64. The quantitative estimate of drug-likeness (QED) is 0.0225. The summed E-state index contributed by atoms with van der Waals surface area (Å²) in [4.78, 5) is 83.2. The van der Waals surface area contributed by atoms with E-state index in [0.717, 1.165) is 38.9 Å². The third-order valence-corrected chi connectivity index (χ3v) is 16.6. The van der Waals surface area contributed by atoms with Crippen molar-refractivity contribution in [3.63, 3.8) is 0 Å². The summed E-state index contributed by atoms with van der Waals surface area (Å²) in [7, 11) is 1.50. The van der Waals surface area contributed by atoms with Gasteiger partial charge in [0.2, 0.25) is 35.4 Å². The molecule has 17 nitrogen and oxygen atoms in total. The first-order chi connectivity index (χ1) is 50.2. The molecule has 0 radical (unpaired) electrons. The van der Waals surface area contributed by atoms with Gasteiger partial charge in [-0.25, -0.2) is 11.0 Å². The van der Waals surface area contributed by atoms with Crippen molar-refractivity contribution in [2.24, 2.45) is 0 Å². The van der Waals surface area contributed by atoms with E-state index in [4.69, 9.17) is 54.0 Å². The molecule has 3 N–H and O–H groups in total. The van der Waals surface area contributed by atoms with Crippen LogP contribution in [0.2, 0.25) is 5.02 Å². The Morgan fingerprint density at radius 1 is 0.510 bits per heavy atom. The third-order valence-electron chi connectivity index (χ3n) is 16.0. The van der Waals surface area contributed by atoms with Gasteiger partial charge in [-0.05, 0) is 148 Å². The summed E-state index contributed by atoms with van der Waals surface area (Å²) in [6.45, 7) is 18.1. The lowest BCUT2D eigenvalue weighted by atomic mass is 9.98. The van der Waals surface area contributed by atoms with Crippen molar-refractivity contribution in [3.05, 3.63) is 343 Å². The van der Waals surface area contributed by atoms with E-state index in [9.17, 15) is 34.0 Å². The van der Waals surface area contributed by atoms with Crippen molar-refractivity contribution < 1.29 is 42.9 Å². The number of carbonyl (C=O) groups excluding carboxylic acids is 5. The Morgan fingerprint density at radius 3 is 1.50 bits per heavy atom. The Morgan fingerprint density at radius 2 is 0.962 bits per heavy atom. The minimum absolute atomic E-state index is 0.231. The van der Waals surface area contributed by atoms with Crippen LogP contribution in [0.25, 0.3) is 32.9 Å². The number of hydrogen-bond donors (Lipinski definition) is 3. The topological polar surface area (TPSA) is 236 Å². The summed E-state index contributed by atoms with van der Waals surface area (Å²) < 4.78 is 24.6. The number of anilines is 2. The molecule has 0 spiro atoms. The van der Waals surface area contributed by atoms with Crippen molar-refractivity contribution in [3.8, 4) is 63.4 Å². The molecule has 0 aliphatic rings. The number of fused-ring (bicyclic) bond motifs is 1. The number of halogens is 2. The minimum Gasteiger partial charge on any atom is -0.495 e.